The molecular weight excluding hydrogens is 188 g/mol. The number of halogens is 1. The Hall–Kier alpha value is 0.467. The van der Waals surface area contributed by atoms with Gasteiger partial charge in [-0.05, 0) is 17.6 Å². The van der Waals surface area contributed by atoms with Crippen LogP contribution in [0.15, 0.2) is 0 Å². The molecule has 0 aromatic rings. The first-order valence-electron chi connectivity index (χ1n) is 4.65. The summed E-state index contributed by atoms with van der Waals surface area (Å²) in [5.41, 5.74) is 1.33. The molecule has 12 heavy (non-hydrogen) atoms. The zero-order chi connectivity index (χ0) is 9.78. The lowest BCUT2D eigenvalue weighted by Crippen LogP contribution is -2.41. The van der Waals surface area contributed by atoms with E-state index in [4.69, 9.17) is 16.0 Å². The summed E-state index contributed by atoms with van der Waals surface area (Å²) in [6.07, 6.45) is 0. The molecule has 0 saturated carbocycles. The van der Waals surface area contributed by atoms with Crippen molar-refractivity contribution in [1.29, 1.82) is 0 Å². The van der Waals surface area contributed by atoms with E-state index in [1.165, 1.54) is 0 Å². The van der Waals surface area contributed by atoms with Crippen molar-refractivity contribution in [3.05, 3.63) is 0 Å². The highest BCUT2D eigenvalue weighted by Gasteiger charge is 2.36. The minimum Gasteiger partial charge on any atom is -0.415 e. The van der Waals surface area contributed by atoms with E-state index >= 15 is 0 Å². The number of rotatable bonds is 5. The maximum atomic E-state index is 5.91. The molecule has 0 fully saturated rings. The van der Waals surface area contributed by atoms with Crippen LogP contribution in [0.4, 0.5) is 0 Å². The third-order valence-electron chi connectivity index (χ3n) is 2.78. The zero-order valence-electron chi connectivity index (χ0n) is 8.86. The molecule has 0 aromatic heterocycles. The van der Waals surface area contributed by atoms with E-state index < -0.39 is 8.32 Å². The van der Waals surface area contributed by atoms with Gasteiger partial charge in [0.05, 0.1) is 0 Å². The van der Waals surface area contributed by atoms with Crippen LogP contribution < -0.4 is 0 Å². The Balaban J connectivity index is 4.19. The molecule has 0 bridgehead atoms. The molecule has 1 nitrogen and oxygen atoms in total. The van der Waals surface area contributed by atoms with E-state index in [1.54, 1.807) is 0 Å². The first kappa shape index (κ1) is 12.5. The first-order chi connectivity index (χ1) is 5.45. The van der Waals surface area contributed by atoms with E-state index in [-0.39, 0.29) is 0 Å². The molecule has 0 heterocycles. The molecule has 0 amide bonds. The fraction of sp³-hybridized carbons (Fsp3) is 1.00. The van der Waals surface area contributed by atoms with Crippen molar-refractivity contribution in [2.75, 3.05) is 12.5 Å². The smallest absolute Gasteiger partial charge is 0.194 e. The number of hydrogen-bond acceptors (Lipinski definition) is 1. The van der Waals surface area contributed by atoms with E-state index in [9.17, 15) is 0 Å². The molecule has 0 atom stereocenters. The van der Waals surface area contributed by atoms with E-state index in [0.29, 0.717) is 23.6 Å². The summed E-state index contributed by atoms with van der Waals surface area (Å²) in [5, 5.41) is 0. The van der Waals surface area contributed by atoms with Crippen molar-refractivity contribution in [3.8, 4) is 0 Å². The fourth-order valence-electron chi connectivity index (χ4n) is 1.26. The van der Waals surface area contributed by atoms with Gasteiger partial charge < -0.3 is 4.43 Å². The van der Waals surface area contributed by atoms with Crippen LogP contribution in [0.5, 0.6) is 0 Å². The largest absolute Gasteiger partial charge is 0.415 e. The highest BCUT2D eigenvalue weighted by molar-refractivity contribution is 6.75. The predicted octanol–water partition coefficient (Wildman–Crippen LogP) is 3.64. The molecule has 0 aliphatic carbocycles. The second kappa shape index (κ2) is 5.25. The van der Waals surface area contributed by atoms with Gasteiger partial charge in [-0.1, -0.05) is 27.7 Å². The van der Waals surface area contributed by atoms with Gasteiger partial charge in [-0.3, -0.25) is 0 Å². The van der Waals surface area contributed by atoms with Gasteiger partial charge in [0.25, 0.3) is 0 Å². The summed E-state index contributed by atoms with van der Waals surface area (Å²) >= 11 is 5.61. The van der Waals surface area contributed by atoms with Crippen molar-refractivity contribution < 1.29 is 4.43 Å². The van der Waals surface area contributed by atoms with Gasteiger partial charge in [0, 0.05) is 12.5 Å². The summed E-state index contributed by atoms with van der Waals surface area (Å²) in [4.78, 5) is 0. The second-order valence-corrected chi connectivity index (χ2v) is 9.37. The summed E-state index contributed by atoms with van der Waals surface area (Å²) in [7, 11) is -1.51. The first-order valence-corrected chi connectivity index (χ1v) is 7.74. The van der Waals surface area contributed by atoms with Crippen LogP contribution >= 0.6 is 11.6 Å². The van der Waals surface area contributed by atoms with Crippen molar-refractivity contribution in [2.24, 2.45) is 0 Å². The highest BCUT2D eigenvalue weighted by atomic mass is 35.5. The lowest BCUT2D eigenvalue weighted by Gasteiger charge is -2.34. The van der Waals surface area contributed by atoms with Gasteiger partial charge in [-0.15, -0.1) is 11.6 Å². The molecule has 0 saturated heterocycles. The molecule has 0 N–H and O–H groups in total. The minimum atomic E-state index is -1.51. The molecule has 74 valence electrons. The van der Waals surface area contributed by atoms with Crippen molar-refractivity contribution in [2.45, 2.75) is 45.3 Å². The molecule has 0 aromatic carbocycles. The highest BCUT2D eigenvalue weighted by Crippen LogP contribution is 2.32. The lowest BCUT2D eigenvalue weighted by atomic mass is 10.5. The van der Waals surface area contributed by atoms with Crippen LogP contribution in [-0.2, 0) is 4.43 Å². The summed E-state index contributed by atoms with van der Waals surface area (Å²) < 4.78 is 5.91. The molecule has 0 radical (unpaired) electrons. The van der Waals surface area contributed by atoms with E-state index in [1.807, 2.05) is 0 Å². The number of hydrogen-bond donors (Lipinski definition) is 0. The zero-order valence-corrected chi connectivity index (χ0v) is 10.6. The third-order valence-corrected chi connectivity index (χ3v) is 8.35. The van der Waals surface area contributed by atoms with Crippen LogP contribution in [0, 0.1) is 0 Å². The van der Waals surface area contributed by atoms with Crippen LogP contribution in [0.2, 0.25) is 17.6 Å². The molecule has 0 unspecified atom stereocenters. The second-order valence-electron chi connectivity index (χ2n) is 4.03. The molecule has 0 aliphatic rings. The molecule has 0 rings (SSSR count). The van der Waals surface area contributed by atoms with Gasteiger partial charge in [-0.25, -0.2) is 0 Å². The monoisotopic (exact) mass is 208 g/mol. The standard InChI is InChI=1S/C9H21ClOSi/c1-8(2)12(5,9(3)4)11-7-6-10/h8-9H,6-7H2,1-5H3. The SMILES string of the molecule is CC(C)[Si](C)(OCCCl)C(C)C. The fourth-order valence-corrected chi connectivity index (χ4v) is 4.01. The van der Waals surface area contributed by atoms with Gasteiger partial charge in [0.2, 0.25) is 0 Å². The van der Waals surface area contributed by atoms with Crippen molar-refractivity contribution >= 4 is 19.9 Å². The summed E-state index contributed by atoms with van der Waals surface area (Å²) in [5.74, 6) is 0.613. The third kappa shape index (κ3) is 3.07. The van der Waals surface area contributed by atoms with Crippen LogP contribution in [0.3, 0.4) is 0 Å². The van der Waals surface area contributed by atoms with Gasteiger partial charge in [-0.2, -0.15) is 0 Å². The minimum absolute atomic E-state index is 0.613. The normalized spacial score (nSPS) is 13.0. The molecular formula is C9H21ClOSi. The summed E-state index contributed by atoms with van der Waals surface area (Å²) in [6, 6.07) is 0. The Morgan fingerprint density at radius 1 is 1.17 bits per heavy atom. The Kier molecular flexibility index (Phi) is 5.46. The van der Waals surface area contributed by atoms with Gasteiger partial charge in [0.1, 0.15) is 0 Å². The quantitative estimate of drug-likeness (QED) is 0.495. The van der Waals surface area contributed by atoms with E-state index in [2.05, 4.69) is 34.2 Å². The van der Waals surface area contributed by atoms with Gasteiger partial charge >= 0.3 is 0 Å². The number of alkyl halides is 1. The maximum absolute atomic E-state index is 5.91. The Morgan fingerprint density at radius 2 is 1.58 bits per heavy atom. The predicted molar refractivity (Wildman–Crippen MR) is 58.5 cm³/mol. The van der Waals surface area contributed by atoms with Crippen LogP contribution in [-0.4, -0.2) is 20.8 Å². The Morgan fingerprint density at radius 3 is 1.83 bits per heavy atom. The average Bonchev–Trinajstić information content (AvgIpc) is 1.99. The van der Waals surface area contributed by atoms with E-state index in [0.717, 1.165) is 0 Å². The summed E-state index contributed by atoms with van der Waals surface area (Å²) in [6.45, 7) is 12.0. The molecule has 3 heteroatoms. The lowest BCUT2D eigenvalue weighted by molar-refractivity contribution is 0.312. The van der Waals surface area contributed by atoms with Crippen molar-refractivity contribution in [3.63, 3.8) is 0 Å². The Labute approximate surface area is 82.6 Å². The Bertz CT molecular complexity index is 118. The van der Waals surface area contributed by atoms with Gasteiger partial charge in [0.15, 0.2) is 8.32 Å². The molecule has 0 aliphatic heterocycles. The van der Waals surface area contributed by atoms with Crippen LogP contribution in [0.25, 0.3) is 0 Å². The molecule has 0 spiro atoms. The topological polar surface area (TPSA) is 9.23 Å². The average molecular weight is 209 g/mol. The maximum Gasteiger partial charge on any atom is 0.194 e. The van der Waals surface area contributed by atoms with Crippen molar-refractivity contribution in [1.82, 2.24) is 0 Å². The van der Waals surface area contributed by atoms with Crippen LogP contribution in [0.1, 0.15) is 27.7 Å².